The van der Waals surface area contributed by atoms with Crippen LogP contribution < -0.4 is 4.90 Å². The molecule has 0 bridgehead atoms. The van der Waals surface area contributed by atoms with Crippen LogP contribution in [0.15, 0.2) is 30.5 Å². The first kappa shape index (κ1) is 16.6. The van der Waals surface area contributed by atoms with Gasteiger partial charge in [-0.15, -0.1) is 0 Å². The van der Waals surface area contributed by atoms with Crippen LogP contribution in [0.3, 0.4) is 0 Å². The molecule has 5 heteroatoms. The van der Waals surface area contributed by atoms with Crippen LogP contribution in [0.4, 0.5) is 11.5 Å². The van der Waals surface area contributed by atoms with Crippen LogP contribution in [0.5, 0.6) is 0 Å². The molecule has 0 amide bonds. The minimum Gasteiger partial charge on any atom is -0.481 e. The quantitative estimate of drug-likeness (QED) is 0.806. The molecule has 1 aromatic heterocycles. The molecule has 1 saturated carbocycles. The number of imidazole rings is 1. The van der Waals surface area contributed by atoms with E-state index < -0.39 is 5.97 Å². The van der Waals surface area contributed by atoms with Crippen molar-refractivity contribution in [2.45, 2.75) is 50.9 Å². The number of hydrogen-bond donors (Lipinski definition) is 2. The van der Waals surface area contributed by atoms with Crippen molar-refractivity contribution in [1.82, 2.24) is 9.97 Å². The fourth-order valence-electron chi connectivity index (χ4n) is 3.41. The molecule has 128 valence electrons. The van der Waals surface area contributed by atoms with E-state index in [4.69, 9.17) is 5.11 Å². The summed E-state index contributed by atoms with van der Waals surface area (Å²) >= 11 is 0. The van der Waals surface area contributed by atoms with E-state index in [1.807, 2.05) is 37.5 Å². The lowest BCUT2D eigenvalue weighted by Crippen LogP contribution is -2.10. The number of aliphatic carboxylic acids is 1. The number of nitrogens with one attached hydrogen (secondary N) is 1. The summed E-state index contributed by atoms with van der Waals surface area (Å²) in [4.78, 5) is 20.9. The first-order valence-electron chi connectivity index (χ1n) is 8.73. The molecule has 2 N–H and O–H groups in total. The predicted molar refractivity (Wildman–Crippen MR) is 94.9 cm³/mol. The number of carbonyl (C=O) groups is 1. The SMILES string of the molecule is CN(c1ccc(CC(=O)O)cc1)c1cnc(C2CCCCCC2)[nH]1. The van der Waals surface area contributed by atoms with Gasteiger partial charge in [0.05, 0.1) is 12.6 Å². The van der Waals surface area contributed by atoms with Gasteiger partial charge >= 0.3 is 5.97 Å². The van der Waals surface area contributed by atoms with Gasteiger partial charge in [0.15, 0.2) is 0 Å². The number of nitrogens with zero attached hydrogens (tertiary/aromatic N) is 2. The Morgan fingerprint density at radius 1 is 1.21 bits per heavy atom. The van der Waals surface area contributed by atoms with Crippen LogP contribution in [0.2, 0.25) is 0 Å². The molecule has 0 atom stereocenters. The molecule has 1 aliphatic carbocycles. The van der Waals surface area contributed by atoms with E-state index in [0.717, 1.165) is 22.9 Å². The van der Waals surface area contributed by atoms with Crippen LogP contribution in [-0.4, -0.2) is 28.1 Å². The Balaban J connectivity index is 1.70. The number of hydrogen-bond acceptors (Lipinski definition) is 3. The molecule has 0 saturated heterocycles. The summed E-state index contributed by atoms with van der Waals surface area (Å²) in [6, 6.07) is 7.62. The van der Waals surface area contributed by atoms with Crippen molar-refractivity contribution < 1.29 is 9.90 Å². The molecular weight excluding hydrogens is 302 g/mol. The average Bonchev–Trinajstić information content (AvgIpc) is 2.90. The van der Waals surface area contributed by atoms with Gasteiger partial charge in [0.2, 0.25) is 0 Å². The molecule has 24 heavy (non-hydrogen) atoms. The van der Waals surface area contributed by atoms with Crippen LogP contribution >= 0.6 is 0 Å². The summed E-state index contributed by atoms with van der Waals surface area (Å²) in [6.07, 6.45) is 9.66. The molecule has 1 aromatic carbocycles. The number of carboxylic acid groups (broad SMARTS) is 1. The van der Waals surface area contributed by atoms with Crippen LogP contribution in [-0.2, 0) is 11.2 Å². The van der Waals surface area contributed by atoms with Crippen LogP contribution in [0.25, 0.3) is 0 Å². The van der Waals surface area contributed by atoms with Gasteiger partial charge < -0.3 is 15.0 Å². The number of anilines is 2. The number of H-pyrrole nitrogens is 1. The number of carboxylic acids is 1. The third kappa shape index (κ3) is 3.96. The number of rotatable bonds is 5. The third-order valence-corrected chi connectivity index (χ3v) is 4.86. The summed E-state index contributed by atoms with van der Waals surface area (Å²) in [5.41, 5.74) is 1.82. The molecule has 1 heterocycles. The highest BCUT2D eigenvalue weighted by atomic mass is 16.4. The van der Waals surface area contributed by atoms with Crippen molar-refractivity contribution in [1.29, 1.82) is 0 Å². The lowest BCUT2D eigenvalue weighted by molar-refractivity contribution is -0.136. The number of aromatic amines is 1. The van der Waals surface area contributed by atoms with E-state index >= 15 is 0 Å². The second-order valence-corrected chi connectivity index (χ2v) is 6.64. The smallest absolute Gasteiger partial charge is 0.307 e. The van der Waals surface area contributed by atoms with Gasteiger partial charge in [0.25, 0.3) is 0 Å². The molecule has 0 radical (unpaired) electrons. The topological polar surface area (TPSA) is 69.2 Å². The summed E-state index contributed by atoms with van der Waals surface area (Å²) in [5, 5.41) is 8.85. The van der Waals surface area contributed by atoms with E-state index in [0.29, 0.717) is 5.92 Å². The Kier molecular flexibility index (Phi) is 5.18. The normalized spacial score (nSPS) is 15.9. The maximum absolute atomic E-state index is 10.8. The lowest BCUT2D eigenvalue weighted by atomic mass is 10.00. The Morgan fingerprint density at radius 3 is 2.50 bits per heavy atom. The third-order valence-electron chi connectivity index (χ3n) is 4.86. The average molecular weight is 327 g/mol. The molecule has 3 rings (SSSR count). The molecule has 1 fully saturated rings. The van der Waals surface area contributed by atoms with E-state index in [9.17, 15) is 4.79 Å². The lowest BCUT2D eigenvalue weighted by Gasteiger charge is -2.18. The van der Waals surface area contributed by atoms with Gasteiger partial charge in [-0.25, -0.2) is 4.98 Å². The second kappa shape index (κ2) is 7.51. The Hall–Kier alpha value is -2.30. The number of benzene rings is 1. The van der Waals surface area contributed by atoms with Crippen molar-refractivity contribution in [2.75, 3.05) is 11.9 Å². The molecule has 0 aliphatic heterocycles. The fourth-order valence-corrected chi connectivity index (χ4v) is 3.41. The Morgan fingerprint density at radius 2 is 1.88 bits per heavy atom. The minimum atomic E-state index is -0.808. The fraction of sp³-hybridized carbons (Fsp3) is 0.474. The first-order chi connectivity index (χ1) is 11.6. The molecular formula is C19H25N3O2. The summed E-state index contributed by atoms with van der Waals surface area (Å²) in [6.45, 7) is 0. The maximum atomic E-state index is 10.8. The monoisotopic (exact) mass is 327 g/mol. The molecule has 5 nitrogen and oxygen atoms in total. The standard InChI is InChI=1S/C19H25N3O2/c1-22(16-10-8-14(9-11-16)12-18(23)24)17-13-20-19(21-17)15-6-4-2-3-5-7-15/h8-11,13,15H,2-7,12H2,1H3,(H,20,21)(H,23,24). The van der Waals surface area contributed by atoms with E-state index in [2.05, 4.69) is 14.9 Å². The van der Waals surface area contributed by atoms with Crippen molar-refractivity contribution in [2.24, 2.45) is 0 Å². The van der Waals surface area contributed by atoms with Crippen LogP contribution in [0.1, 0.15) is 55.8 Å². The van der Waals surface area contributed by atoms with Gasteiger partial charge in [0, 0.05) is 18.7 Å². The van der Waals surface area contributed by atoms with E-state index in [1.165, 1.54) is 38.5 Å². The molecule has 0 unspecified atom stereocenters. The van der Waals surface area contributed by atoms with Crippen LogP contribution in [0, 0.1) is 0 Å². The summed E-state index contributed by atoms with van der Waals surface area (Å²) in [7, 11) is 2.00. The molecule has 2 aromatic rings. The zero-order valence-electron chi connectivity index (χ0n) is 14.2. The number of aromatic nitrogens is 2. The Bertz CT molecular complexity index is 670. The minimum absolute atomic E-state index is 0.0554. The Labute approximate surface area is 142 Å². The zero-order chi connectivity index (χ0) is 16.9. The highest BCUT2D eigenvalue weighted by Crippen LogP contribution is 2.31. The van der Waals surface area contributed by atoms with E-state index in [-0.39, 0.29) is 6.42 Å². The molecule has 0 spiro atoms. The highest BCUT2D eigenvalue weighted by Gasteiger charge is 2.18. The van der Waals surface area contributed by atoms with Crippen molar-refractivity contribution in [3.63, 3.8) is 0 Å². The van der Waals surface area contributed by atoms with Gasteiger partial charge in [-0.05, 0) is 30.5 Å². The largest absolute Gasteiger partial charge is 0.481 e. The summed E-state index contributed by atoms with van der Waals surface area (Å²) in [5.74, 6) is 1.81. The van der Waals surface area contributed by atoms with E-state index in [1.54, 1.807) is 0 Å². The zero-order valence-corrected chi connectivity index (χ0v) is 14.2. The molecule has 1 aliphatic rings. The van der Waals surface area contributed by atoms with Gasteiger partial charge in [-0.3, -0.25) is 4.79 Å². The van der Waals surface area contributed by atoms with Crippen molar-refractivity contribution in [3.05, 3.63) is 41.9 Å². The van der Waals surface area contributed by atoms with Gasteiger partial charge in [0.1, 0.15) is 11.6 Å². The highest BCUT2D eigenvalue weighted by molar-refractivity contribution is 5.70. The van der Waals surface area contributed by atoms with Gasteiger partial charge in [-0.2, -0.15) is 0 Å². The predicted octanol–water partition coefficient (Wildman–Crippen LogP) is 4.24. The van der Waals surface area contributed by atoms with Crippen molar-refractivity contribution in [3.8, 4) is 0 Å². The second-order valence-electron chi connectivity index (χ2n) is 6.64. The summed E-state index contributed by atoms with van der Waals surface area (Å²) < 4.78 is 0. The maximum Gasteiger partial charge on any atom is 0.307 e. The first-order valence-corrected chi connectivity index (χ1v) is 8.73. The van der Waals surface area contributed by atoms with Gasteiger partial charge in [-0.1, -0.05) is 37.8 Å². The van der Waals surface area contributed by atoms with Crippen molar-refractivity contribution >= 4 is 17.5 Å².